The van der Waals surface area contributed by atoms with Crippen LogP contribution in [-0.2, 0) is 10.9 Å². The summed E-state index contributed by atoms with van der Waals surface area (Å²) in [5.74, 6) is -0.316. The van der Waals surface area contributed by atoms with Gasteiger partial charge in [-0.05, 0) is 44.9 Å². The molecule has 2 atom stereocenters. The first-order valence-corrected chi connectivity index (χ1v) is 8.42. The number of alkyl halides is 3. The van der Waals surface area contributed by atoms with Gasteiger partial charge in [-0.15, -0.1) is 0 Å². The Morgan fingerprint density at radius 1 is 1.42 bits per heavy atom. The molecule has 0 radical (unpaired) electrons. The van der Waals surface area contributed by atoms with Crippen LogP contribution in [0.3, 0.4) is 0 Å². The maximum absolute atomic E-state index is 12.9. The van der Waals surface area contributed by atoms with Crippen molar-refractivity contribution in [1.82, 2.24) is 15.1 Å². The van der Waals surface area contributed by atoms with E-state index in [1.54, 1.807) is 6.92 Å². The van der Waals surface area contributed by atoms with Crippen LogP contribution in [0, 0.1) is 6.92 Å². The lowest BCUT2D eigenvalue weighted by Crippen LogP contribution is -2.40. The monoisotopic (exact) mass is 367 g/mol. The molecule has 1 aliphatic heterocycles. The Labute approximate surface area is 149 Å². The van der Waals surface area contributed by atoms with Crippen molar-refractivity contribution in [1.29, 1.82) is 0 Å². The Morgan fingerprint density at radius 3 is 2.85 bits per heavy atom. The van der Waals surface area contributed by atoms with E-state index in [1.807, 2.05) is 6.92 Å². The van der Waals surface area contributed by atoms with Crippen LogP contribution >= 0.6 is 0 Å². The molecule has 0 saturated carbocycles. The van der Waals surface area contributed by atoms with Crippen molar-refractivity contribution >= 4 is 5.91 Å². The van der Waals surface area contributed by atoms with Gasteiger partial charge in [0.1, 0.15) is 0 Å². The van der Waals surface area contributed by atoms with Gasteiger partial charge in [0, 0.05) is 6.61 Å². The lowest BCUT2D eigenvalue weighted by atomic mass is 10.1. The van der Waals surface area contributed by atoms with Crippen LogP contribution in [-0.4, -0.2) is 34.4 Å². The maximum Gasteiger partial charge on any atom is 0.416 e. The summed E-state index contributed by atoms with van der Waals surface area (Å²) in [5, 5.41) is 6.97. The molecule has 0 bridgehead atoms. The molecule has 0 spiro atoms. The summed E-state index contributed by atoms with van der Waals surface area (Å²) in [6.45, 7) is 4.22. The highest BCUT2D eigenvalue weighted by Gasteiger charge is 2.31. The molecule has 2 heterocycles. The number of hydrogen-bond donors (Lipinski definition) is 1. The van der Waals surface area contributed by atoms with E-state index in [4.69, 9.17) is 4.74 Å². The molecule has 0 aliphatic carbocycles. The minimum absolute atomic E-state index is 0.0160. The summed E-state index contributed by atoms with van der Waals surface area (Å²) in [6.07, 6.45) is -1.22. The van der Waals surface area contributed by atoms with Gasteiger partial charge in [0.2, 0.25) is 0 Å². The first-order valence-electron chi connectivity index (χ1n) is 8.42. The van der Waals surface area contributed by atoms with Crippen molar-refractivity contribution in [3.05, 3.63) is 47.3 Å². The zero-order chi connectivity index (χ0) is 18.9. The second kappa shape index (κ2) is 7.11. The van der Waals surface area contributed by atoms with Crippen LogP contribution in [0.15, 0.2) is 30.5 Å². The number of benzene rings is 1. The predicted molar refractivity (Wildman–Crippen MR) is 89.2 cm³/mol. The Hall–Kier alpha value is -2.35. The van der Waals surface area contributed by atoms with Gasteiger partial charge in [0.15, 0.2) is 0 Å². The third-order valence-corrected chi connectivity index (χ3v) is 4.55. The van der Waals surface area contributed by atoms with Crippen LogP contribution in [0.2, 0.25) is 0 Å². The third-order valence-electron chi connectivity index (χ3n) is 4.55. The summed E-state index contributed by atoms with van der Waals surface area (Å²) in [7, 11) is 0. The highest BCUT2D eigenvalue weighted by Crippen LogP contribution is 2.30. The van der Waals surface area contributed by atoms with Gasteiger partial charge in [0.05, 0.1) is 40.9 Å². The lowest BCUT2D eigenvalue weighted by molar-refractivity contribution is -0.137. The van der Waals surface area contributed by atoms with E-state index in [2.05, 4.69) is 10.4 Å². The molecule has 140 valence electrons. The average Bonchev–Trinajstić information content (AvgIpc) is 3.23. The highest BCUT2D eigenvalue weighted by atomic mass is 19.4. The van der Waals surface area contributed by atoms with Crippen LogP contribution < -0.4 is 5.32 Å². The van der Waals surface area contributed by atoms with Gasteiger partial charge in [-0.3, -0.25) is 4.79 Å². The van der Waals surface area contributed by atoms with Crippen molar-refractivity contribution in [2.45, 2.75) is 45.0 Å². The second-order valence-electron chi connectivity index (χ2n) is 6.42. The molecule has 0 unspecified atom stereocenters. The predicted octanol–water partition coefficient (Wildman–Crippen LogP) is 3.50. The number of amides is 1. The Balaban J connectivity index is 1.80. The number of nitrogens with zero attached hydrogens (tertiary/aromatic N) is 2. The molecule has 26 heavy (non-hydrogen) atoms. The summed E-state index contributed by atoms with van der Waals surface area (Å²) < 4.78 is 45.6. The zero-order valence-corrected chi connectivity index (χ0v) is 14.5. The average molecular weight is 367 g/mol. The first kappa shape index (κ1) is 18.4. The molecule has 1 aliphatic rings. The van der Waals surface area contributed by atoms with Crippen LogP contribution in [0.25, 0.3) is 5.69 Å². The fourth-order valence-corrected chi connectivity index (χ4v) is 3.08. The van der Waals surface area contributed by atoms with Crippen molar-refractivity contribution in [2.24, 2.45) is 0 Å². The number of rotatable bonds is 4. The van der Waals surface area contributed by atoms with E-state index < -0.39 is 11.7 Å². The van der Waals surface area contributed by atoms with Crippen molar-refractivity contribution in [3.63, 3.8) is 0 Å². The van der Waals surface area contributed by atoms with Gasteiger partial charge < -0.3 is 10.1 Å². The molecular formula is C18H20F3N3O2. The molecule has 5 nitrogen and oxygen atoms in total. The van der Waals surface area contributed by atoms with E-state index in [1.165, 1.54) is 23.0 Å². The number of aromatic nitrogens is 2. The van der Waals surface area contributed by atoms with Crippen LogP contribution in [0.1, 0.15) is 41.4 Å². The summed E-state index contributed by atoms with van der Waals surface area (Å²) in [4.78, 5) is 12.5. The topological polar surface area (TPSA) is 56.1 Å². The van der Waals surface area contributed by atoms with Crippen LogP contribution in [0.5, 0.6) is 0 Å². The van der Waals surface area contributed by atoms with Crippen molar-refractivity contribution in [2.75, 3.05) is 6.61 Å². The maximum atomic E-state index is 12.9. The van der Waals surface area contributed by atoms with E-state index >= 15 is 0 Å². The summed E-state index contributed by atoms with van der Waals surface area (Å²) in [5.41, 5.74) is 0.292. The highest BCUT2D eigenvalue weighted by molar-refractivity contribution is 5.95. The number of nitrogens with one attached hydrogen (secondary N) is 1. The zero-order valence-electron chi connectivity index (χ0n) is 14.5. The standard InChI is InChI=1S/C18H20F3N3O2/c1-11(16-7-4-8-26-16)23-17(25)15-10-22-24(12(15)2)14-6-3-5-13(9-14)18(19,20)21/h3,5-6,9-11,16H,4,7-8H2,1-2H3,(H,23,25)/t11-,16-/m0/s1. The molecule has 8 heteroatoms. The normalized spacial score (nSPS) is 18.7. The summed E-state index contributed by atoms with van der Waals surface area (Å²) >= 11 is 0. The van der Waals surface area contributed by atoms with Crippen molar-refractivity contribution in [3.8, 4) is 5.69 Å². The number of carbonyl (C=O) groups is 1. The Morgan fingerprint density at radius 2 is 2.19 bits per heavy atom. The van der Waals surface area contributed by atoms with Gasteiger partial charge in [-0.25, -0.2) is 4.68 Å². The minimum atomic E-state index is -4.44. The molecule has 1 N–H and O–H groups in total. The minimum Gasteiger partial charge on any atom is -0.376 e. The van der Waals surface area contributed by atoms with Crippen molar-refractivity contribution < 1.29 is 22.7 Å². The molecular weight excluding hydrogens is 347 g/mol. The first-order chi connectivity index (χ1) is 12.3. The third kappa shape index (κ3) is 3.75. The van der Waals surface area contributed by atoms with E-state index in [0.29, 0.717) is 17.9 Å². The fourth-order valence-electron chi connectivity index (χ4n) is 3.08. The lowest BCUT2D eigenvalue weighted by Gasteiger charge is -2.19. The number of carbonyl (C=O) groups excluding carboxylic acids is 1. The van der Waals surface area contributed by atoms with Gasteiger partial charge in [-0.2, -0.15) is 18.3 Å². The smallest absolute Gasteiger partial charge is 0.376 e. The fraction of sp³-hybridized carbons (Fsp3) is 0.444. The summed E-state index contributed by atoms with van der Waals surface area (Å²) in [6, 6.07) is 4.70. The Bertz CT molecular complexity index is 795. The van der Waals surface area contributed by atoms with Gasteiger partial charge in [-0.1, -0.05) is 6.07 Å². The number of halogens is 3. The van der Waals surface area contributed by atoms with Crippen LogP contribution in [0.4, 0.5) is 13.2 Å². The molecule has 1 amide bonds. The van der Waals surface area contributed by atoms with E-state index in [-0.39, 0.29) is 23.7 Å². The molecule has 2 aromatic rings. The molecule has 1 saturated heterocycles. The van der Waals surface area contributed by atoms with E-state index in [9.17, 15) is 18.0 Å². The quantitative estimate of drug-likeness (QED) is 0.900. The number of ether oxygens (including phenoxy) is 1. The largest absolute Gasteiger partial charge is 0.416 e. The van der Waals surface area contributed by atoms with E-state index in [0.717, 1.165) is 25.0 Å². The molecule has 1 aromatic carbocycles. The van der Waals surface area contributed by atoms with Gasteiger partial charge in [0.25, 0.3) is 5.91 Å². The SMILES string of the molecule is Cc1c(C(=O)N[C@@H](C)[C@@H]2CCCO2)cnn1-c1cccc(C(F)(F)F)c1. The van der Waals surface area contributed by atoms with Gasteiger partial charge >= 0.3 is 6.18 Å². The Kier molecular flexibility index (Phi) is 5.04. The molecule has 3 rings (SSSR count). The molecule has 1 fully saturated rings. The number of hydrogen-bond acceptors (Lipinski definition) is 3. The molecule has 1 aromatic heterocycles. The second-order valence-corrected chi connectivity index (χ2v) is 6.42.